The van der Waals surface area contributed by atoms with E-state index in [4.69, 9.17) is 14.2 Å². The average Bonchev–Trinajstić information content (AvgIpc) is 2.53. The molecule has 1 saturated carbocycles. The Morgan fingerprint density at radius 2 is 1.48 bits per heavy atom. The summed E-state index contributed by atoms with van der Waals surface area (Å²) < 4.78 is 16.2. The number of hydrogen-bond donors (Lipinski definition) is 0. The number of ether oxygens (including phenoxy) is 3. The lowest BCUT2D eigenvalue weighted by atomic mass is 9.80. The second-order valence-corrected chi connectivity index (χ2v) is 6.20. The van der Waals surface area contributed by atoms with Gasteiger partial charge in [-0.1, -0.05) is 32.6 Å². The fourth-order valence-electron chi connectivity index (χ4n) is 3.27. The van der Waals surface area contributed by atoms with Crippen LogP contribution in [0.25, 0.3) is 0 Å². The highest BCUT2D eigenvalue weighted by molar-refractivity contribution is 5.53. The SMILES string of the molecule is COc1cc(CCC2CCC(C)CC2)cc(OC)c1OC. The molecule has 0 amide bonds. The molecule has 1 fully saturated rings. The smallest absolute Gasteiger partial charge is 0.203 e. The third-order valence-corrected chi connectivity index (χ3v) is 4.70. The van der Waals surface area contributed by atoms with E-state index >= 15 is 0 Å². The van der Waals surface area contributed by atoms with E-state index in [1.54, 1.807) is 21.3 Å². The Hall–Kier alpha value is -1.38. The van der Waals surface area contributed by atoms with Crippen LogP contribution in [0.2, 0.25) is 0 Å². The first-order valence-electron chi connectivity index (χ1n) is 7.96. The standard InChI is InChI=1S/C18H28O3/c1-13-5-7-14(8-6-13)9-10-15-11-16(19-2)18(21-4)17(12-15)20-3/h11-14H,5-10H2,1-4H3. The van der Waals surface area contributed by atoms with Crippen LogP contribution in [0.4, 0.5) is 0 Å². The lowest BCUT2D eigenvalue weighted by Gasteiger charge is -2.26. The van der Waals surface area contributed by atoms with Crippen molar-refractivity contribution in [2.45, 2.75) is 45.4 Å². The summed E-state index contributed by atoms with van der Waals surface area (Å²) in [6, 6.07) is 4.15. The molecule has 3 heteroatoms. The number of hydrogen-bond acceptors (Lipinski definition) is 3. The summed E-state index contributed by atoms with van der Waals surface area (Å²) in [5, 5.41) is 0. The van der Waals surface area contributed by atoms with Crippen LogP contribution in [0.1, 0.15) is 44.6 Å². The van der Waals surface area contributed by atoms with Crippen molar-refractivity contribution in [3.8, 4) is 17.2 Å². The fourth-order valence-corrected chi connectivity index (χ4v) is 3.27. The van der Waals surface area contributed by atoms with E-state index in [9.17, 15) is 0 Å². The van der Waals surface area contributed by atoms with Crippen molar-refractivity contribution >= 4 is 0 Å². The Morgan fingerprint density at radius 1 is 0.905 bits per heavy atom. The van der Waals surface area contributed by atoms with E-state index in [0.717, 1.165) is 29.8 Å². The molecule has 0 bridgehead atoms. The van der Waals surface area contributed by atoms with Crippen molar-refractivity contribution in [3.63, 3.8) is 0 Å². The highest BCUT2D eigenvalue weighted by Crippen LogP contribution is 2.39. The molecule has 0 radical (unpaired) electrons. The molecule has 3 nitrogen and oxygen atoms in total. The Morgan fingerprint density at radius 3 is 1.95 bits per heavy atom. The van der Waals surface area contributed by atoms with Gasteiger partial charge in [0.2, 0.25) is 5.75 Å². The molecule has 1 aliphatic rings. The van der Waals surface area contributed by atoms with Crippen LogP contribution < -0.4 is 14.2 Å². The van der Waals surface area contributed by atoms with Gasteiger partial charge in [-0.2, -0.15) is 0 Å². The molecule has 0 unspecified atom stereocenters. The first-order valence-corrected chi connectivity index (χ1v) is 7.96. The van der Waals surface area contributed by atoms with Crippen LogP contribution in [0.5, 0.6) is 17.2 Å². The van der Waals surface area contributed by atoms with Crippen molar-refractivity contribution in [1.82, 2.24) is 0 Å². The summed E-state index contributed by atoms with van der Waals surface area (Å²) in [5.41, 5.74) is 1.27. The van der Waals surface area contributed by atoms with Gasteiger partial charge in [0, 0.05) is 0 Å². The van der Waals surface area contributed by atoms with E-state index in [-0.39, 0.29) is 0 Å². The van der Waals surface area contributed by atoms with Crippen molar-refractivity contribution in [1.29, 1.82) is 0 Å². The predicted molar refractivity (Wildman–Crippen MR) is 85.5 cm³/mol. The van der Waals surface area contributed by atoms with E-state index in [1.807, 2.05) is 0 Å². The topological polar surface area (TPSA) is 27.7 Å². The minimum absolute atomic E-state index is 0.676. The monoisotopic (exact) mass is 292 g/mol. The maximum absolute atomic E-state index is 5.42. The van der Waals surface area contributed by atoms with Crippen LogP contribution in [0.15, 0.2) is 12.1 Å². The Balaban J connectivity index is 2.02. The largest absolute Gasteiger partial charge is 0.493 e. The van der Waals surface area contributed by atoms with Gasteiger partial charge in [-0.3, -0.25) is 0 Å². The lowest BCUT2D eigenvalue weighted by molar-refractivity contribution is 0.277. The second-order valence-electron chi connectivity index (χ2n) is 6.20. The molecule has 1 aromatic carbocycles. The van der Waals surface area contributed by atoms with Gasteiger partial charge < -0.3 is 14.2 Å². The molecule has 21 heavy (non-hydrogen) atoms. The number of benzene rings is 1. The van der Waals surface area contributed by atoms with Crippen molar-refractivity contribution < 1.29 is 14.2 Å². The molecule has 0 heterocycles. The van der Waals surface area contributed by atoms with Crippen LogP contribution in [-0.4, -0.2) is 21.3 Å². The van der Waals surface area contributed by atoms with Crippen molar-refractivity contribution in [3.05, 3.63) is 17.7 Å². The number of rotatable bonds is 6. The molecule has 1 aromatic rings. The van der Waals surface area contributed by atoms with Gasteiger partial charge in [-0.25, -0.2) is 0 Å². The Labute approximate surface area is 128 Å². The van der Waals surface area contributed by atoms with Gasteiger partial charge in [0.25, 0.3) is 0 Å². The molecule has 0 aliphatic heterocycles. The van der Waals surface area contributed by atoms with Crippen LogP contribution in [0, 0.1) is 11.8 Å². The second kappa shape index (κ2) is 7.58. The van der Waals surface area contributed by atoms with E-state index in [1.165, 1.54) is 37.7 Å². The van der Waals surface area contributed by atoms with Crippen molar-refractivity contribution in [2.24, 2.45) is 11.8 Å². The first kappa shape index (κ1) is 16.0. The van der Waals surface area contributed by atoms with Gasteiger partial charge in [0.1, 0.15) is 0 Å². The van der Waals surface area contributed by atoms with Crippen LogP contribution in [-0.2, 0) is 6.42 Å². The summed E-state index contributed by atoms with van der Waals surface area (Å²) >= 11 is 0. The normalized spacial score (nSPS) is 21.9. The van der Waals surface area contributed by atoms with E-state index in [2.05, 4.69) is 19.1 Å². The third kappa shape index (κ3) is 4.05. The minimum Gasteiger partial charge on any atom is -0.493 e. The lowest BCUT2D eigenvalue weighted by Crippen LogP contribution is -2.13. The van der Waals surface area contributed by atoms with Gasteiger partial charge in [0.15, 0.2) is 11.5 Å². The van der Waals surface area contributed by atoms with E-state index < -0.39 is 0 Å². The molecule has 0 spiro atoms. The molecular formula is C18H28O3. The first-order chi connectivity index (χ1) is 10.2. The molecule has 118 valence electrons. The molecule has 0 saturated heterocycles. The molecule has 2 rings (SSSR count). The quantitative estimate of drug-likeness (QED) is 0.774. The average molecular weight is 292 g/mol. The highest BCUT2D eigenvalue weighted by atomic mass is 16.5. The van der Waals surface area contributed by atoms with Gasteiger partial charge in [-0.05, 0) is 42.4 Å². The zero-order valence-corrected chi connectivity index (χ0v) is 13.8. The summed E-state index contributed by atoms with van der Waals surface area (Å²) in [6.45, 7) is 2.37. The molecular weight excluding hydrogens is 264 g/mol. The zero-order chi connectivity index (χ0) is 15.2. The predicted octanol–water partition coefficient (Wildman–Crippen LogP) is 4.47. The van der Waals surface area contributed by atoms with E-state index in [0.29, 0.717) is 5.75 Å². The zero-order valence-electron chi connectivity index (χ0n) is 13.8. The van der Waals surface area contributed by atoms with Gasteiger partial charge >= 0.3 is 0 Å². The van der Waals surface area contributed by atoms with Crippen LogP contribution in [0.3, 0.4) is 0 Å². The number of methoxy groups -OCH3 is 3. The molecule has 0 aromatic heterocycles. The highest BCUT2D eigenvalue weighted by Gasteiger charge is 2.19. The summed E-state index contributed by atoms with van der Waals surface area (Å²) in [4.78, 5) is 0. The fraction of sp³-hybridized carbons (Fsp3) is 0.667. The maximum Gasteiger partial charge on any atom is 0.203 e. The molecule has 1 aliphatic carbocycles. The Kier molecular flexibility index (Phi) is 5.77. The summed E-state index contributed by atoms with van der Waals surface area (Å²) in [5.74, 6) is 3.98. The molecule has 0 N–H and O–H groups in total. The van der Waals surface area contributed by atoms with Crippen molar-refractivity contribution in [2.75, 3.05) is 21.3 Å². The van der Waals surface area contributed by atoms with Gasteiger partial charge in [-0.15, -0.1) is 0 Å². The van der Waals surface area contributed by atoms with Gasteiger partial charge in [0.05, 0.1) is 21.3 Å². The molecule has 0 atom stereocenters. The summed E-state index contributed by atoms with van der Waals surface area (Å²) in [7, 11) is 4.98. The minimum atomic E-state index is 0.676. The summed E-state index contributed by atoms with van der Waals surface area (Å²) in [6.07, 6.45) is 7.87. The van der Waals surface area contributed by atoms with Crippen LogP contribution >= 0.6 is 0 Å². The number of aryl methyl sites for hydroxylation is 1. The third-order valence-electron chi connectivity index (χ3n) is 4.70. The maximum atomic E-state index is 5.42. The Bertz CT molecular complexity index is 423.